The molecule has 1 aliphatic heterocycles. The molecule has 1 aliphatic carbocycles. The zero-order chi connectivity index (χ0) is 18.5. The Morgan fingerprint density at radius 1 is 1.26 bits per heavy atom. The number of hydrogen-bond acceptors (Lipinski definition) is 7. The van der Waals surface area contributed by atoms with E-state index in [0.29, 0.717) is 17.4 Å². The lowest BCUT2D eigenvalue weighted by atomic mass is 9.85. The fourth-order valence-electron chi connectivity index (χ4n) is 3.59. The molecule has 0 spiro atoms. The average molecular weight is 367 g/mol. The van der Waals surface area contributed by atoms with Gasteiger partial charge in [-0.05, 0) is 31.9 Å². The molecule has 0 unspecified atom stereocenters. The second-order valence-electron chi connectivity index (χ2n) is 7.45. The smallest absolute Gasteiger partial charge is 0.276 e. The average Bonchev–Trinajstić information content (AvgIpc) is 3.18. The number of rotatable bonds is 4. The third kappa shape index (κ3) is 2.65. The molecule has 2 aliphatic rings. The quantitative estimate of drug-likeness (QED) is 0.692. The summed E-state index contributed by atoms with van der Waals surface area (Å²) in [6.45, 7) is 3.25. The first kappa shape index (κ1) is 16.2. The van der Waals surface area contributed by atoms with E-state index < -0.39 is 0 Å². The van der Waals surface area contributed by atoms with Crippen LogP contribution in [0.5, 0.6) is 0 Å². The number of anilines is 1. The van der Waals surface area contributed by atoms with Crippen LogP contribution < -0.4 is 4.90 Å². The number of likely N-dealkylation sites (N-methyl/N-ethyl adjacent to an activating group) is 1. The van der Waals surface area contributed by atoms with E-state index in [4.69, 9.17) is 9.62 Å². The van der Waals surface area contributed by atoms with E-state index in [0.717, 1.165) is 43.2 Å². The van der Waals surface area contributed by atoms with Gasteiger partial charge in [0.15, 0.2) is 17.2 Å². The topological polar surface area (TPSA) is 92.7 Å². The van der Waals surface area contributed by atoms with Crippen molar-refractivity contribution in [3.05, 3.63) is 35.5 Å². The Morgan fingerprint density at radius 2 is 2.07 bits per heavy atom. The molecule has 9 heteroatoms. The van der Waals surface area contributed by atoms with E-state index in [2.05, 4.69) is 20.3 Å². The lowest BCUT2D eigenvalue weighted by molar-refractivity contribution is 0.0694. The maximum Gasteiger partial charge on any atom is 0.276 e. The minimum atomic E-state index is -0.119. The van der Waals surface area contributed by atoms with Gasteiger partial charge in [-0.15, -0.1) is 15.3 Å². The monoisotopic (exact) mass is 367 g/mol. The van der Waals surface area contributed by atoms with Gasteiger partial charge in [-0.25, -0.2) is 0 Å². The van der Waals surface area contributed by atoms with Crippen LogP contribution in [0, 0.1) is 6.92 Å². The normalized spacial score (nSPS) is 17.8. The predicted octanol–water partition coefficient (Wildman–Crippen LogP) is 1.65. The second-order valence-corrected chi connectivity index (χ2v) is 7.45. The molecule has 0 radical (unpaired) electrons. The molecule has 0 atom stereocenters. The molecule has 5 rings (SSSR count). The van der Waals surface area contributed by atoms with Crippen molar-refractivity contribution in [2.24, 2.45) is 0 Å². The number of carbonyl (C=O) groups excluding carboxylic acids is 1. The summed E-state index contributed by atoms with van der Waals surface area (Å²) in [6.07, 6.45) is 3.57. The van der Waals surface area contributed by atoms with Crippen LogP contribution in [0.1, 0.15) is 47.3 Å². The lowest BCUT2D eigenvalue weighted by Crippen LogP contribution is -2.60. The van der Waals surface area contributed by atoms with Crippen molar-refractivity contribution in [2.45, 2.75) is 38.1 Å². The SMILES string of the molecule is Cc1cc(C(=O)N(C)C2CN(c3ccc4nnc(C5CCC5)n4n3)C2)no1. The largest absolute Gasteiger partial charge is 0.361 e. The van der Waals surface area contributed by atoms with Crippen molar-refractivity contribution >= 4 is 17.4 Å². The van der Waals surface area contributed by atoms with Crippen molar-refractivity contribution in [1.82, 2.24) is 29.9 Å². The van der Waals surface area contributed by atoms with E-state index in [1.54, 1.807) is 24.9 Å². The van der Waals surface area contributed by atoms with Gasteiger partial charge in [-0.1, -0.05) is 11.6 Å². The molecule has 4 heterocycles. The first-order valence-corrected chi connectivity index (χ1v) is 9.28. The Balaban J connectivity index is 1.29. The Labute approximate surface area is 155 Å². The van der Waals surface area contributed by atoms with Gasteiger partial charge < -0.3 is 14.3 Å². The standard InChI is InChI=1S/C18H21N7O2/c1-11-8-14(22-27-11)18(26)23(2)13-9-24(10-13)16-7-6-15-19-20-17(25(15)21-16)12-4-3-5-12/h6-8,12-13H,3-5,9-10H2,1-2H3. The van der Waals surface area contributed by atoms with Crippen LogP contribution in [0.15, 0.2) is 22.7 Å². The summed E-state index contributed by atoms with van der Waals surface area (Å²) in [5.41, 5.74) is 1.13. The summed E-state index contributed by atoms with van der Waals surface area (Å²) < 4.78 is 6.88. The number of hydrogen-bond donors (Lipinski definition) is 0. The third-order valence-electron chi connectivity index (χ3n) is 5.64. The maximum absolute atomic E-state index is 12.5. The molecule has 3 aromatic rings. The van der Waals surface area contributed by atoms with Crippen LogP contribution in [0.4, 0.5) is 5.82 Å². The van der Waals surface area contributed by atoms with Crippen LogP contribution in [0.25, 0.3) is 5.65 Å². The second kappa shape index (κ2) is 6.04. The molecule has 0 N–H and O–H groups in total. The van der Waals surface area contributed by atoms with Gasteiger partial charge in [-0.2, -0.15) is 4.52 Å². The highest BCUT2D eigenvalue weighted by Gasteiger charge is 2.35. The zero-order valence-electron chi connectivity index (χ0n) is 15.4. The number of aromatic nitrogens is 5. The molecule has 3 aromatic heterocycles. The van der Waals surface area contributed by atoms with Gasteiger partial charge >= 0.3 is 0 Å². The number of nitrogens with zero attached hydrogens (tertiary/aromatic N) is 7. The van der Waals surface area contributed by atoms with Gasteiger partial charge in [0, 0.05) is 32.1 Å². The minimum absolute atomic E-state index is 0.119. The van der Waals surface area contributed by atoms with Crippen molar-refractivity contribution < 1.29 is 9.32 Å². The highest BCUT2D eigenvalue weighted by Crippen LogP contribution is 2.35. The van der Waals surface area contributed by atoms with Gasteiger partial charge in [0.05, 0.1) is 6.04 Å². The molecule has 0 bridgehead atoms. The Kier molecular flexibility index (Phi) is 3.63. The molecular weight excluding hydrogens is 346 g/mol. The van der Waals surface area contributed by atoms with Crippen LogP contribution in [0.2, 0.25) is 0 Å². The van der Waals surface area contributed by atoms with E-state index >= 15 is 0 Å². The lowest BCUT2D eigenvalue weighted by Gasteiger charge is -2.44. The zero-order valence-corrected chi connectivity index (χ0v) is 15.4. The van der Waals surface area contributed by atoms with Crippen molar-refractivity contribution in [2.75, 3.05) is 25.0 Å². The molecule has 27 heavy (non-hydrogen) atoms. The van der Waals surface area contributed by atoms with Gasteiger partial charge in [0.1, 0.15) is 11.6 Å². The predicted molar refractivity (Wildman–Crippen MR) is 96.7 cm³/mol. The van der Waals surface area contributed by atoms with Crippen LogP contribution in [-0.2, 0) is 0 Å². The van der Waals surface area contributed by atoms with E-state index in [1.165, 1.54) is 6.42 Å². The third-order valence-corrected chi connectivity index (χ3v) is 5.64. The molecule has 2 fully saturated rings. The van der Waals surface area contributed by atoms with E-state index in [1.807, 2.05) is 16.6 Å². The summed E-state index contributed by atoms with van der Waals surface area (Å²) in [5.74, 6) is 2.84. The van der Waals surface area contributed by atoms with Crippen molar-refractivity contribution in [3.8, 4) is 0 Å². The fourth-order valence-corrected chi connectivity index (χ4v) is 3.59. The maximum atomic E-state index is 12.5. The molecule has 1 amide bonds. The van der Waals surface area contributed by atoms with Crippen molar-refractivity contribution in [1.29, 1.82) is 0 Å². The summed E-state index contributed by atoms with van der Waals surface area (Å²) in [4.78, 5) is 16.4. The van der Waals surface area contributed by atoms with Crippen LogP contribution >= 0.6 is 0 Å². The molecule has 1 saturated carbocycles. The molecule has 140 valence electrons. The Morgan fingerprint density at radius 3 is 2.74 bits per heavy atom. The van der Waals surface area contributed by atoms with E-state index in [9.17, 15) is 4.79 Å². The first-order chi connectivity index (χ1) is 13.1. The molecule has 0 aromatic carbocycles. The van der Waals surface area contributed by atoms with Crippen LogP contribution in [-0.4, -0.2) is 62.0 Å². The van der Waals surface area contributed by atoms with Gasteiger partial charge in [0.2, 0.25) is 0 Å². The minimum Gasteiger partial charge on any atom is -0.361 e. The van der Waals surface area contributed by atoms with Gasteiger partial charge in [0.25, 0.3) is 5.91 Å². The summed E-state index contributed by atoms with van der Waals surface area (Å²) >= 11 is 0. The highest BCUT2D eigenvalue weighted by atomic mass is 16.5. The Hall–Kier alpha value is -2.97. The first-order valence-electron chi connectivity index (χ1n) is 9.28. The molecular formula is C18H21N7O2. The highest BCUT2D eigenvalue weighted by molar-refractivity contribution is 5.92. The van der Waals surface area contributed by atoms with E-state index in [-0.39, 0.29) is 11.9 Å². The van der Waals surface area contributed by atoms with Gasteiger partial charge in [-0.3, -0.25) is 4.79 Å². The number of amides is 1. The summed E-state index contributed by atoms with van der Waals surface area (Å²) in [5, 5.41) is 17.1. The van der Waals surface area contributed by atoms with Crippen molar-refractivity contribution in [3.63, 3.8) is 0 Å². The molecule has 1 saturated heterocycles. The summed E-state index contributed by atoms with van der Waals surface area (Å²) in [7, 11) is 1.81. The number of fused-ring (bicyclic) bond motifs is 1. The Bertz CT molecular complexity index is 1000. The van der Waals surface area contributed by atoms with Crippen LogP contribution in [0.3, 0.4) is 0 Å². The summed E-state index contributed by atoms with van der Waals surface area (Å²) in [6, 6.07) is 5.71. The molecule has 9 nitrogen and oxygen atoms in total. The number of aryl methyl sites for hydroxylation is 1. The number of carbonyl (C=O) groups is 1. The fraction of sp³-hybridized carbons (Fsp3) is 0.500.